The predicted octanol–water partition coefficient (Wildman–Crippen LogP) is 1.89. The van der Waals surface area contributed by atoms with E-state index in [2.05, 4.69) is 18.0 Å². The summed E-state index contributed by atoms with van der Waals surface area (Å²) < 4.78 is 62.1. The molecule has 0 aliphatic rings. The van der Waals surface area contributed by atoms with Crippen LogP contribution >= 0.6 is 0 Å². The maximum absolute atomic E-state index is 10.2. The minimum absolute atomic E-state index is 0. The molecule has 0 aromatic rings. The van der Waals surface area contributed by atoms with Crippen LogP contribution in [0.5, 0.6) is 0 Å². The van der Waals surface area contributed by atoms with Crippen molar-refractivity contribution in [2.45, 2.75) is 90.9 Å². The molecule has 0 saturated heterocycles. The molecule has 0 fully saturated rings. The topological polar surface area (TPSA) is 113 Å². The number of hydrogen-bond acceptors (Lipinski definition) is 9. The molecule has 0 amide bonds. The summed E-state index contributed by atoms with van der Waals surface area (Å²) in [5.74, 6) is 0.670. The second-order valence-corrected chi connectivity index (χ2v) is 10.1. The maximum atomic E-state index is 10.2. The van der Waals surface area contributed by atoms with Crippen LogP contribution in [0.1, 0.15) is 90.9 Å². The van der Waals surface area contributed by atoms with Crippen LogP contribution < -0.4 is 29.6 Å². The summed E-state index contributed by atoms with van der Waals surface area (Å²) in [6.45, 7) is 8.81. The largest absolute Gasteiger partial charge is 1.00 e. The van der Waals surface area contributed by atoms with Crippen molar-refractivity contribution in [3.05, 3.63) is 0 Å². The molecule has 37 heavy (non-hydrogen) atoms. The third-order valence-electron chi connectivity index (χ3n) is 5.73. The third-order valence-corrected chi connectivity index (χ3v) is 6.18. The number of hydrogen-bond donors (Lipinski definition) is 0. The Labute approximate surface area is 249 Å². The van der Waals surface area contributed by atoms with Crippen molar-refractivity contribution in [1.29, 1.82) is 0 Å². The smallest absolute Gasteiger partial charge is 0.726 e. The van der Waals surface area contributed by atoms with Crippen LogP contribution in [0.25, 0.3) is 0 Å². The van der Waals surface area contributed by atoms with E-state index in [0.29, 0.717) is 52.2 Å². The van der Waals surface area contributed by atoms with Gasteiger partial charge >= 0.3 is 29.6 Å². The van der Waals surface area contributed by atoms with Crippen LogP contribution in [0.15, 0.2) is 0 Å². The fourth-order valence-corrected chi connectivity index (χ4v) is 3.98. The van der Waals surface area contributed by atoms with E-state index in [-0.39, 0.29) is 49.4 Å². The molecular weight excluding hydrogens is 511 g/mol. The normalized spacial score (nSPS) is 12.5. The molecule has 0 saturated carbocycles. The first-order valence-corrected chi connectivity index (χ1v) is 15.3. The Bertz CT molecular complexity index is 538. The molecule has 0 N–H and O–H groups in total. The Morgan fingerprint density at radius 2 is 0.892 bits per heavy atom. The molecule has 0 spiro atoms. The van der Waals surface area contributed by atoms with Gasteiger partial charge in [0.2, 0.25) is 10.4 Å². The molecule has 9 nitrogen and oxygen atoms in total. The van der Waals surface area contributed by atoms with Gasteiger partial charge in [-0.3, -0.25) is 4.18 Å². The summed E-state index contributed by atoms with van der Waals surface area (Å²) in [6, 6.07) is 0. The van der Waals surface area contributed by atoms with Gasteiger partial charge in [-0.05, 0) is 18.8 Å². The molecular formula is C26H53NaO9S. The quantitative estimate of drug-likeness (QED) is 0.0559. The molecule has 0 heterocycles. The van der Waals surface area contributed by atoms with Gasteiger partial charge in [-0.25, -0.2) is 8.42 Å². The van der Waals surface area contributed by atoms with E-state index in [1.807, 2.05) is 0 Å². The van der Waals surface area contributed by atoms with Gasteiger partial charge in [0.1, 0.15) is 0 Å². The van der Waals surface area contributed by atoms with Crippen molar-refractivity contribution < 1.29 is 70.4 Å². The van der Waals surface area contributed by atoms with Gasteiger partial charge < -0.3 is 28.2 Å². The minimum atomic E-state index is -4.65. The molecule has 0 bridgehead atoms. The van der Waals surface area contributed by atoms with Gasteiger partial charge in [0.25, 0.3) is 0 Å². The van der Waals surface area contributed by atoms with Crippen LogP contribution in [-0.4, -0.2) is 85.6 Å². The van der Waals surface area contributed by atoms with E-state index in [1.165, 1.54) is 77.0 Å². The van der Waals surface area contributed by atoms with Crippen LogP contribution in [0.2, 0.25) is 0 Å². The van der Waals surface area contributed by atoms with Gasteiger partial charge in [0.15, 0.2) is 0 Å². The standard InChI is InChI=1S/C26H54O9S.Na/c1-3-5-7-9-10-12-14-26(13-11-8-6-4-2)25-34-22-21-32-18-17-30-15-16-31-19-20-33-23-24-35-36(27,28)29;/h26H,3-25H2,1-2H3,(H,27,28,29);/q;+1/p-1. The molecule has 0 aromatic carbocycles. The Balaban J connectivity index is 0. The molecule has 0 radical (unpaired) electrons. The molecule has 0 aliphatic heterocycles. The van der Waals surface area contributed by atoms with Gasteiger partial charge in [-0.1, -0.05) is 78.1 Å². The number of unbranched alkanes of at least 4 members (excludes halogenated alkanes) is 8. The summed E-state index contributed by atoms with van der Waals surface area (Å²) in [5, 5.41) is 0. The summed E-state index contributed by atoms with van der Waals surface area (Å²) in [4.78, 5) is 0. The van der Waals surface area contributed by atoms with Crippen LogP contribution in [0, 0.1) is 5.92 Å². The summed E-state index contributed by atoms with van der Waals surface area (Å²) in [6.07, 6.45) is 15.9. The summed E-state index contributed by atoms with van der Waals surface area (Å²) in [7, 11) is -4.65. The maximum Gasteiger partial charge on any atom is 1.00 e. The van der Waals surface area contributed by atoms with Gasteiger partial charge in [-0.2, -0.15) is 0 Å². The van der Waals surface area contributed by atoms with E-state index >= 15 is 0 Å². The number of rotatable bonds is 30. The van der Waals surface area contributed by atoms with Crippen molar-refractivity contribution in [2.24, 2.45) is 5.92 Å². The van der Waals surface area contributed by atoms with Crippen molar-refractivity contribution in [2.75, 3.05) is 72.7 Å². The molecule has 11 heteroatoms. The third kappa shape index (κ3) is 34.6. The monoisotopic (exact) mass is 564 g/mol. The first-order chi connectivity index (χ1) is 17.5. The molecule has 1 unspecified atom stereocenters. The van der Waals surface area contributed by atoms with Crippen molar-refractivity contribution >= 4 is 10.4 Å². The Kier molecular flexibility index (Phi) is 33.6. The van der Waals surface area contributed by atoms with E-state index in [1.54, 1.807) is 0 Å². The second-order valence-electron chi connectivity index (χ2n) is 9.03. The van der Waals surface area contributed by atoms with Gasteiger partial charge in [0, 0.05) is 6.61 Å². The average molecular weight is 565 g/mol. The Hall–Kier alpha value is 0.670. The molecule has 0 aliphatic carbocycles. The fourth-order valence-electron chi connectivity index (χ4n) is 3.71. The number of ether oxygens (including phenoxy) is 5. The van der Waals surface area contributed by atoms with Crippen LogP contribution in [0.4, 0.5) is 0 Å². The van der Waals surface area contributed by atoms with Gasteiger partial charge in [0.05, 0.1) is 66.1 Å². The van der Waals surface area contributed by atoms with E-state index < -0.39 is 10.4 Å². The van der Waals surface area contributed by atoms with Crippen molar-refractivity contribution in [3.63, 3.8) is 0 Å². The zero-order valence-electron chi connectivity index (χ0n) is 23.9. The SMILES string of the molecule is CCCCCCCCC(CCCCCC)COCCOCCOCCOCCOCCOS(=O)(=O)[O-].[Na+]. The van der Waals surface area contributed by atoms with Gasteiger partial charge in [-0.15, -0.1) is 0 Å². The molecule has 1 atom stereocenters. The average Bonchev–Trinajstić information content (AvgIpc) is 2.84. The molecule has 0 rings (SSSR count). The first-order valence-electron chi connectivity index (χ1n) is 14.0. The Morgan fingerprint density at radius 1 is 0.541 bits per heavy atom. The van der Waals surface area contributed by atoms with E-state index in [9.17, 15) is 13.0 Å². The minimum Gasteiger partial charge on any atom is -0.726 e. The van der Waals surface area contributed by atoms with E-state index in [0.717, 1.165) is 6.61 Å². The fraction of sp³-hybridized carbons (Fsp3) is 1.00. The predicted molar refractivity (Wildman–Crippen MR) is 140 cm³/mol. The van der Waals surface area contributed by atoms with Crippen LogP contribution in [0.3, 0.4) is 0 Å². The van der Waals surface area contributed by atoms with Crippen LogP contribution in [-0.2, 0) is 38.3 Å². The summed E-state index contributed by atoms with van der Waals surface area (Å²) in [5.41, 5.74) is 0. The van der Waals surface area contributed by atoms with Crippen molar-refractivity contribution in [1.82, 2.24) is 0 Å². The second kappa shape index (κ2) is 31.2. The summed E-state index contributed by atoms with van der Waals surface area (Å²) >= 11 is 0. The molecule has 0 aromatic heterocycles. The molecule has 218 valence electrons. The van der Waals surface area contributed by atoms with Crippen molar-refractivity contribution in [3.8, 4) is 0 Å². The first kappa shape index (κ1) is 39.8. The Morgan fingerprint density at radius 3 is 1.32 bits per heavy atom. The van der Waals surface area contributed by atoms with E-state index in [4.69, 9.17) is 23.7 Å². The zero-order chi connectivity index (χ0) is 26.6. The zero-order valence-corrected chi connectivity index (χ0v) is 26.7.